The highest BCUT2D eigenvalue weighted by Crippen LogP contribution is 2.03. The number of amides is 2. The molecule has 1 atom stereocenters. The molecule has 1 unspecified atom stereocenters. The van der Waals surface area contributed by atoms with E-state index in [4.69, 9.17) is 5.11 Å². The van der Waals surface area contributed by atoms with Crippen molar-refractivity contribution in [1.29, 1.82) is 0 Å². The number of carboxylic acids is 1. The normalized spacial score (nSPS) is 17.8. The monoisotopic (exact) mass is 305 g/mol. The Bertz CT molecular complexity index is 357. The molecule has 0 aliphatic carbocycles. The summed E-state index contributed by atoms with van der Waals surface area (Å²) in [6, 6.07) is -0.0928. The van der Waals surface area contributed by atoms with Gasteiger partial charge in [0.25, 0.3) is 0 Å². The molecule has 20 heavy (non-hydrogen) atoms. The van der Waals surface area contributed by atoms with Crippen LogP contribution in [0, 0.1) is 0 Å². The minimum atomic E-state index is -0.816. The molecule has 0 saturated carbocycles. The van der Waals surface area contributed by atoms with E-state index in [1.807, 2.05) is 0 Å². The van der Waals surface area contributed by atoms with Crippen LogP contribution in [0.3, 0.4) is 0 Å². The standard InChI is InChI=1S/C12H23N3O4S/c1-20(19)10-2-4-13-12(18)15-8-6-14(7-9-15)5-3-11(16)17/h2-10H2,1H3,(H,13,18)(H,16,17). The summed E-state index contributed by atoms with van der Waals surface area (Å²) in [7, 11) is -0.816. The van der Waals surface area contributed by atoms with Crippen molar-refractivity contribution in [2.24, 2.45) is 0 Å². The zero-order valence-electron chi connectivity index (χ0n) is 11.8. The third-order valence-corrected chi connectivity index (χ3v) is 4.05. The Kier molecular flexibility index (Phi) is 7.53. The molecule has 8 heteroatoms. The predicted molar refractivity (Wildman–Crippen MR) is 77.2 cm³/mol. The van der Waals surface area contributed by atoms with E-state index in [0.717, 1.165) is 0 Å². The molecule has 0 radical (unpaired) electrons. The van der Waals surface area contributed by atoms with E-state index in [0.29, 0.717) is 51.4 Å². The predicted octanol–water partition coefficient (Wildman–Crippen LogP) is -0.443. The van der Waals surface area contributed by atoms with Crippen LogP contribution < -0.4 is 5.32 Å². The summed E-state index contributed by atoms with van der Waals surface area (Å²) in [6.45, 7) is 3.72. The molecule has 2 amide bonds. The van der Waals surface area contributed by atoms with Gasteiger partial charge in [0.05, 0.1) is 6.42 Å². The van der Waals surface area contributed by atoms with Crippen molar-refractivity contribution in [1.82, 2.24) is 15.1 Å². The molecule has 0 aromatic carbocycles. The Morgan fingerprint density at radius 3 is 2.45 bits per heavy atom. The summed E-state index contributed by atoms with van der Waals surface area (Å²) in [5, 5.41) is 11.4. The Morgan fingerprint density at radius 2 is 1.90 bits per heavy atom. The Balaban J connectivity index is 2.15. The van der Waals surface area contributed by atoms with Crippen LogP contribution in [0.1, 0.15) is 12.8 Å². The van der Waals surface area contributed by atoms with Crippen molar-refractivity contribution >= 4 is 22.8 Å². The lowest BCUT2D eigenvalue weighted by Crippen LogP contribution is -2.52. The molecule has 116 valence electrons. The minimum Gasteiger partial charge on any atom is -0.481 e. The summed E-state index contributed by atoms with van der Waals surface area (Å²) in [5.74, 6) is -0.193. The average molecular weight is 305 g/mol. The number of piperazine rings is 1. The van der Waals surface area contributed by atoms with Crippen LogP contribution in [0.15, 0.2) is 0 Å². The molecule has 1 aliphatic heterocycles. The van der Waals surface area contributed by atoms with Crippen LogP contribution in [0.4, 0.5) is 4.79 Å². The van der Waals surface area contributed by atoms with Crippen LogP contribution >= 0.6 is 0 Å². The van der Waals surface area contributed by atoms with Gasteiger partial charge >= 0.3 is 12.0 Å². The van der Waals surface area contributed by atoms with E-state index in [-0.39, 0.29) is 12.5 Å². The molecule has 1 heterocycles. The van der Waals surface area contributed by atoms with Gasteiger partial charge in [-0.1, -0.05) is 0 Å². The lowest BCUT2D eigenvalue weighted by atomic mass is 10.3. The third-order valence-electron chi connectivity index (χ3n) is 3.19. The van der Waals surface area contributed by atoms with Crippen LogP contribution in [-0.4, -0.2) is 82.4 Å². The zero-order valence-corrected chi connectivity index (χ0v) is 12.7. The highest BCUT2D eigenvalue weighted by Gasteiger charge is 2.20. The summed E-state index contributed by atoms with van der Waals surface area (Å²) in [6.07, 6.45) is 2.51. The maximum Gasteiger partial charge on any atom is 0.317 e. The topological polar surface area (TPSA) is 90.0 Å². The summed E-state index contributed by atoms with van der Waals surface area (Å²) in [4.78, 5) is 26.1. The summed E-state index contributed by atoms with van der Waals surface area (Å²) < 4.78 is 10.9. The van der Waals surface area contributed by atoms with Gasteiger partial charge in [-0.25, -0.2) is 4.79 Å². The molecule has 1 saturated heterocycles. The highest BCUT2D eigenvalue weighted by molar-refractivity contribution is 7.84. The number of nitrogens with one attached hydrogen (secondary N) is 1. The lowest BCUT2D eigenvalue weighted by Gasteiger charge is -2.34. The van der Waals surface area contributed by atoms with Gasteiger partial charge in [0.2, 0.25) is 0 Å². The van der Waals surface area contributed by atoms with Crippen LogP contribution in [0.2, 0.25) is 0 Å². The van der Waals surface area contributed by atoms with Gasteiger partial charge in [-0.05, 0) is 6.42 Å². The first-order chi connectivity index (χ1) is 9.49. The van der Waals surface area contributed by atoms with Gasteiger partial charge in [-0.15, -0.1) is 0 Å². The van der Waals surface area contributed by atoms with E-state index in [1.165, 1.54) is 0 Å². The van der Waals surface area contributed by atoms with Crippen molar-refractivity contribution in [3.63, 3.8) is 0 Å². The molecule has 1 aliphatic rings. The van der Waals surface area contributed by atoms with Crippen molar-refractivity contribution in [2.45, 2.75) is 12.8 Å². The second-order valence-corrected chi connectivity index (χ2v) is 6.39. The first-order valence-electron chi connectivity index (χ1n) is 6.76. The third kappa shape index (κ3) is 6.85. The summed E-state index contributed by atoms with van der Waals surface area (Å²) in [5.41, 5.74) is 0. The number of hydrogen-bond donors (Lipinski definition) is 2. The van der Waals surface area contributed by atoms with Gasteiger partial charge in [-0.3, -0.25) is 13.9 Å². The van der Waals surface area contributed by atoms with E-state index >= 15 is 0 Å². The number of carboxylic acid groups (broad SMARTS) is 1. The van der Waals surface area contributed by atoms with Crippen molar-refractivity contribution in [3.05, 3.63) is 0 Å². The minimum absolute atomic E-state index is 0.0928. The molecule has 1 rings (SSSR count). The Labute approximate surface area is 121 Å². The smallest absolute Gasteiger partial charge is 0.317 e. The van der Waals surface area contributed by atoms with E-state index < -0.39 is 16.8 Å². The number of hydrogen-bond acceptors (Lipinski definition) is 4. The molecule has 7 nitrogen and oxygen atoms in total. The van der Waals surface area contributed by atoms with Crippen LogP contribution in [0.25, 0.3) is 0 Å². The molecule has 1 fully saturated rings. The Morgan fingerprint density at radius 1 is 1.25 bits per heavy atom. The fourth-order valence-corrected chi connectivity index (χ4v) is 2.56. The van der Waals surface area contributed by atoms with Gasteiger partial charge < -0.3 is 15.3 Å². The highest BCUT2D eigenvalue weighted by atomic mass is 32.2. The number of carbonyl (C=O) groups is 2. The van der Waals surface area contributed by atoms with Crippen LogP contribution in [-0.2, 0) is 15.6 Å². The SMILES string of the molecule is CS(=O)CCCNC(=O)N1CCN(CCC(=O)O)CC1. The number of aliphatic carboxylic acids is 1. The first-order valence-corrected chi connectivity index (χ1v) is 8.48. The van der Waals surface area contributed by atoms with E-state index in [1.54, 1.807) is 11.2 Å². The maximum atomic E-state index is 11.8. The Hall–Kier alpha value is -1.15. The fraction of sp³-hybridized carbons (Fsp3) is 0.833. The summed E-state index contributed by atoms with van der Waals surface area (Å²) >= 11 is 0. The molecule has 0 bridgehead atoms. The first kappa shape index (κ1) is 16.9. The van der Waals surface area contributed by atoms with E-state index in [9.17, 15) is 13.8 Å². The second-order valence-electron chi connectivity index (χ2n) is 4.84. The maximum absolute atomic E-state index is 11.8. The average Bonchev–Trinajstić information content (AvgIpc) is 2.41. The molecule has 2 N–H and O–H groups in total. The van der Waals surface area contributed by atoms with E-state index in [2.05, 4.69) is 10.2 Å². The van der Waals surface area contributed by atoms with Gasteiger partial charge in [0, 0.05) is 62.1 Å². The fourth-order valence-electron chi connectivity index (χ4n) is 2.01. The second kappa shape index (κ2) is 8.91. The number of urea groups is 1. The van der Waals surface area contributed by atoms with Crippen molar-refractivity contribution < 1.29 is 18.9 Å². The van der Waals surface area contributed by atoms with Gasteiger partial charge in [0.1, 0.15) is 0 Å². The molecule has 0 aromatic rings. The van der Waals surface area contributed by atoms with Crippen molar-refractivity contribution in [2.75, 3.05) is 51.3 Å². The van der Waals surface area contributed by atoms with Crippen molar-refractivity contribution in [3.8, 4) is 0 Å². The van der Waals surface area contributed by atoms with Gasteiger partial charge in [-0.2, -0.15) is 0 Å². The van der Waals surface area contributed by atoms with Crippen LogP contribution in [0.5, 0.6) is 0 Å². The lowest BCUT2D eigenvalue weighted by molar-refractivity contribution is -0.137. The number of nitrogens with zero attached hydrogens (tertiary/aromatic N) is 2. The number of rotatable bonds is 7. The molecule has 0 spiro atoms. The quantitative estimate of drug-likeness (QED) is 0.622. The largest absolute Gasteiger partial charge is 0.481 e. The number of carbonyl (C=O) groups excluding carboxylic acids is 1. The zero-order chi connectivity index (χ0) is 15.0. The molecular formula is C12H23N3O4S. The molecule has 0 aromatic heterocycles. The molecular weight excluding hydrogens is 282 g/mol. The van der Waals surface area contributed by atoms with Gasteiger partial charge in [0.15, 0.2) is 0 Å².